The molecule has 5 heterocycles. The topological polar surface area (TPSA) is 248 Å². The number of aliphatic hydroxyl groups is 6. The van der Waals surface area contributed by atoms with Gasteiger partial charge in [-0.1, -0.05) is 70.2 Å². The fraction of sp³-hybridized carbons (Fsp3) is 0.786. The van der Waals surface area contributed by atoms with Gasteiger partial charge in [0.2, 0.25) is 0 Å². The minimum Gasteiger partial charge on any atom is -0.459 e. The number of aliphatic hydroxyl groups excluding tert-OH is 5. The fourth-order valence-corrected chi connectivity index (χ4v) is 12.7. The van der Waals surface area contributed by atoms with Crippen LogP contribution < -0.4 is 0 Å². The molecule has 4 aliphatic rings. The Kier molecular flexibility index (Phi) is 20.5. The molecule has 6 N–H and O–H groups in total. The molecule has 4 aliphatic heterocycles. The summed E-state index contributed by atoms with van der Waals surface area (Å²) in [5.74, 6) is -5.17. The molecule has 0 aliphatic carbocycles. The molecule has 0 amide bonds. The molecule has 0 radical (unpaired) electrons. The fourth-order valence-electron chi connectivity index (χ4n) is 12.7. The van der Waals surface area contributed by atoms with E-state index < -0.39 is 126 Å². The molecule has 424 valence electrons. The third-order valence-corrected chi connectivity index (χ3v) is 17.7. The summed E-state index contributed by atoms with van der Waals surface area (Å²) in [6, 6.07) is 6.50. The van der Waals surface area contributed by atoms with Gasteiger partial charge in [-0.15, -0.1) is 5.10 Å². The summed E-state index contributed by atoms with van der Waals surface area (Å²) in [6.45, 7) is 19.3. The second-order valence-electron chi connectivity index (χ2n) is 23.2. The van der Waals surface area contributed by atoms with Gasteiger partial charge in [0, 0.05) is 76.7 Å². The van der Waals surface area contributed by atoms with E-state index in [2.05, 4.69) is 28.3 Å². The van der Waals surface area contributed by atoms with Crippen LogP contribution in [0.15, 0.2) is 36.5 Å². The van der Waals surface area contributed by atoms with Crippen LogP contribution in [-0.2, 0) is 44.4 Å². The predicted octanol–water partition coefficient (Wildman–Crippen LogP) is 3.90. The lowest BCUT2D eigenvalue weighted by Crippen LogP contribution is -2.62. The zero-order valence-electron chi connectivity index (χ0n) is 47.0. The van der Waals surface area contributed by atoms with Gasteiger partial charge in [-0.3, -0.25) is 9.59 Å². The summed E-state index contributed by atoms with van der Waals surface area (Å²) in [4.78, 5) is 33.3. The van der Waals surface area contributed by atoms with Crippen LogP contribution in [0.2, 0.25) is 0 Å². The standard InChI is InChI=1S/C56H91N5O14/c1-15-44-56(10,69)49(66)35(6)46(63)31(2)26-55(9,71-14)51(33(4)45(34(5)52(68)74-44)43-27-54(8,70-13)50(67)36(7)73-43)75-53-48(65)41(25-32(3)72-53)60(12)24-22-40-29-61(58-57-40)42(30-62)47(64)38-20-18-37(19-21-38)39-17-16-23-59(11)28-39/h17-21,29,31-36,41-45,47-51,53,62,64-67,69H,15-16,22-28,30H2,1-14H3/t31-,32-,33+,34-,35+,36+,41+,42-,43-,44-,45?,47-,48-,49-,50+,51-,53+,54-,55-,56-/m1/s1. The van der Waals surface area contributed by atoms with E-state index in [1.807, 2.05) is 57.0 Å². The lowest BCUT2D eigenvalue weighted by molar-refractivity contribution is -0.305. The number of Topliss-reactive ketones (excluding diaryl/α,β-unsaturated/α-hetero) is 1. The Hall–Kier alpha value is -3.28. The van der Waals surface area contributed by atoms with Crippen molar-refractivity contribution in [2.45, 2.75) is 198 Å². The van der Waals surface area contributed by atoms with E-state index >= 15 is 0 Å². The van der Waals surface area contributed by atoms with Crippen molar-refractivity contribution in [1.29, 1.82) is 0 Å². The number of ketones is 1. The predicted molar refractivity (Wildman–Crippen MR) is 280 cm³/mol. The van der Waals surface area contributed by atoms with Crippen LogP contribution in [0.4, 0.5) is 0 Å². The summed E-state index contributed by atoms with van der Waals surface area (Å²) < 4.78 is 40.2. The Labute approximate surface area is 444 Å². The Balaban J connectivity index is 1.27. The maximum atomic E-state index is 14.6. The van der Waals surface area contributed by atoms with E-state index in [1.54, 1.807) is 47.7 Å². The van der Waals surface area contributed by atoms with E-state index in [0.717, 1.165) is 25.1 Å². The van der Waals surface area contributed by atoms with Gasteiger partial charge in [0.15, 0.2) is 6.29 Å². The van der Waals surface area contributed by atoms with Crippen LogP contribution in [-0.4, -0.2) is 200 Å². The third-order valence-electron chi connectivity index (χ3n) is 17.7. The average molecular weight is 1060 g/mol. The highest BCUT2D eigenvalue weighted by Crippen LogP contribution is 2.46. The Morgan fingerprint density at radius 3 is 2.21 bits per heavy atom. The molecule has 20 atom stereocenters. The normalized spacial score (nSPS) is 39.9. The number of cyclic esters (lactones) is 1. The number of carbonyl (C=O) groups excluding carboxylic acids is 2. The van der Waals surface area contributed by atoms with Crippen molar-refractivity contribution in [3.05, 3.63) is 53.4 Å². The van der Waals surface area contributed by atoms with Crippen molar-refractivity contribution in [2.24, 2.45) is 29.6 Å². The first-order chi connectivity index (χ1) is 35.2. The Bertz CT molecular complexity index is 2210. The number of benzene rings is 1. The number of ether oxygens (including phenoxy) is 6. The van der Waals surface area contributed by atoms with Crippen LogP contribution >= 0.6 is 0 Å². The van der Waals surface area contributed by atoms with Crippen LogP contribution in [0, 0.1) is 29.6 Å². The largest absolute Gasteiger partial charge is 0.459 e. The summed E-state index contributed by atoms with van der Waals surface area (Å²) in [7, 11) is 7.04. The molecule has 0 saturated carbocycles. The van der Waals surface area contributed by atoms with Crippen LogP contribution in [0.3, 0.4) is 0 Å². The lowest BCUT2D eigenvalue weighted by atomic mass is 9.67. The second kappa shape index (κ2) is 25.2. The zero-order chi connectivity index (χ0) is 55.5. The van der Waals surface area contributed by atoms with Crippen molar-refractivity contribution in [1.82, 2.24) is 24.8 Å². The molecular formula is C56H91N5O14. The molecule has 1 aromatic carbocycles. The van der Waals surface area contributed by atoms with Gasteiger partial charge in [-0.2, -0.15) is 0 Å². The summed E-state index contributed by atoms with van der Waals surface area (Å²) in [5.41, 5.74) is -0.772. The van der Waals surface area contributed by atoms with Crippen LogP contribution in [0.25, 0.3) is 5.57 Å². The van der Waals surface area contributed by atoms with Gasteiger partial charge < -0.3 is 68.9 Å². The number of aromatic nitrogens is 3. The highest BCUT2D eigenvalue weighted by atomic mass is 16.7. The molecule has 19 heteroatoms. The highest BCUT2D eigenvalue weighted by Gasteiger charge is 2.56. The Morgan fingerprint density at radius 2 is 1.60 bits per heavy atom. The first kappa shape index (κ1) is 60.9. The summed E-state index contributed by atoms with van der Waals surface area (Å²) in [6.07, 6.45) is -3.88. The molecule has 3 saturated heterocycles. The lowest BCUT2D eigenvalue weighted by Gasteiger charge is -2.52. The van der Waals surface area contributed by atoms with Crippen molar-refractivity contribution < 1.29 is 68.6 Å². The molecule has 3 fully saturated rings. The summed E-state index contributed by atoms with van der Waals surface area (Å²) >= 11 is 0. The molecule has 0 bridgehead atoms. The summed E-state index contributed by atoms with van der Waals surface area (Å²) in [5, 5.41) is 77.9. The molecule has 1 aromatic heterocycles. The quantitative estimate of drug-likeness (QED) is 0.139. The minimum absolute atomic E-state index is 0.0784. The SMILES string of the molecule is CC[C@H]1OC(=O)[C@H](C)C([C@H]2C[C@@](C)(OC)[C@@H](O)[C@H](C)O2)[C@H](C)[C@@H](O[C@@H]2O[C@H](C)C[C@H](N(C)CCc3cn([C@H](CO)[C@H](O)c4ccc(C5=CCCN(C)C5)cc4)nn3)[C@H]2O)[C@](C)(OC)C[C@@H](C)C(=O)[C@H](C)[C@@H](O)[C@]1(C)O. The molecular weight excluding hydrogens is 967 g/mol. The third kappa shape index (κ3) is 13.3. The molecule has 1 unspecified atom stereocenters. The number of hydrogen-bond acceptors (Lipinski definition) is 18. The van der Waals surface area contributed by atoms with Gasteiger partial charge in [0.1, 0.15) is 41.8 Å². The Morgan fingerprint density at radius 1 is 0.933 bits per heavy atom. The zero-order valence-corrected chi connectivity index (χ0v) is 47.0. The van der Waals surface area contributed by atoms with E-state index in [9.17, 15) is 40.2 Å². The number of likely N-dealkylation sites (N-methyl/N-ethyl adjacent to an activating group) is 2. The number of hydrogen-bond donors (Lipinski definition) is 6. The number of rotatable bonds is 15. The minimum atomic E-state index is -1.99. The van der Waals surface area contributed by atoms with E-state index in [0.29, 0.717) is 30.6 Å². The van der Waals surface area contributed by atoms with Gasteiger partial charge in [-0.25, -0.2) is 4.68 Å². The number of carbonyl (C=O) groups is 2. The van der Waals surface area contributed by atoms with E-state index in [4.69, 9.17) is 28.4 Å². The van der Waals surface area contributed by atoms with Crippen molar-refractivity contribution in [3.8, 4) is 0 Å². The first-order valence-corrected chi connectivity index (χ1v) is 27.2. The van der Waals surface area contributed by atoms with Crippen molar-refractivity contribution in [3.63, 3.8) is 0 Å². The number of methoxy groups -OCH3 is 2. The van der Waals surface area contributed by atoms with Crippen molar-refractivity contribution >= 4 is 17.3 Å². The first-order valence-electron chi connectivity index (χ1n) is 27.2. The average Bonchev–Trinajstić information content (AvgIpc) is 3.86. The number of nitrogens with zero attached hydrogens (tertiary/aromatic N) is 5. The van der Waals surface area contributed by atoms with Gasteiger partial charge in [0.25, 0.3) is 0 Å². The molecule has 0 spiro atoms. The maximum Gasteiger partial charge on any atom is 0.309 e. The van der Waals surface area contributed by atoms with Gasteiger partial charge in [-0.05, 0) is 97.0 Å². The highest BCUT2D eigenvalue weighted by molar-refractivity contribution is 5.83. The van der Waals surface area contributed by atoms with Crippen LogP contribution in [0.5, 0.6) is 0 Å². The molecule has 6 rings (SSSR count). The smallest absolute Gasteiger partial charge is 0.309 e. The van der Waals surface area contributed by atoms with E-state index in [-0.39, 0.29) is 31.7 Å². The van der Waals surface area contributed by atoms with Gasteiger partial charge in [0.05, 0.1) is 59.9 Å². The van der Waals surface area contributed by atoms with Crippen LogP contribution in [0.1, 0.15) is 130 Å². The molecule has 2 aromatic rings. The molecule has 19 nitrogen and oxygen atoms in total. The van der Waals surface area contributed by atoms with Gasteiger partial charge >= 0.3 is 5.97 Å². The molecule has 75 heavy (non-hydrogen) atoms. The van der Waals surface area contributed by atoms with E-state index in [1.165, 1.54) is 31.4 Å². The maximum absolute atomic E-state index is 14.6. The number of esters is 1. The second-order valence-corrected chi connectivity index (χ2v) is 23.2. The monoisotopic (exact) mass is 1060 g/mol. The van der Waals surface area contributed by atoms with Crippen molar-refractivity contribution in [2.75, 3.05) is 54.6 Å².